The average molecular weight is 421 g/mol. The van der Waals surface area contributed by atoms with Gasteiger partial charge in [-0.25, -0.2) is 0 Å². The highest BCUT2D eigenvalue weighted by Gasteiger charge is 2.45. The Kier molecular flexibility index (Phi) is 8.23. The van der Waals surface area contributed by atoms with Gasteiger partial charge in [0.05, 0.1) is 10.8 Å². The molecule has 1 fully saturated rings. The molecular weight excluding hydrogens is 389 g/mol. The molecule has 0 radical (unpaired) electrons. The molecule has 28 heavy (non-hydrogen) atoms. The SMILES string of the molecule is CN1CCC[C@H](P(=O)(OCOC(=O)C(C)(C)C)OCOC(=O)C(C)(C)C)C1=O. The third-order valence-corrected chi connectivity index (χ3v) is 6.26. The molecule has 0 aromatic heterocycles. The van der Waals surface area contributed by atoms with Gasteiger partial charge in [-0.05, 0) is 54.4 Å². The van der Waals surface area contributed by atoms with Crippen molar-refractivity contribution in [2.45, 2.75) is 60.0 Å². The molecule has 0 aromatic rings. The second-order valence-corrected chi connectivity index (χ2v) is 11.0. The zero-order valence-corrected chi connectivity index (χ0v) is 18.7. The third-order valence-electron chi connectivity index (χ3n) is 4.08. The molecule has 1 aliphatic rings. The Balaban J connectivity index is 2.84. The van der Waals surface area contributed by atoms with E-state index in [1.807, 2.05) is 0 Å². The third kappa shape index (κ3) is 6.87. The minimum atomic E-state index is -4.05. The molecule has 0 N–H and O–H groups in total. The van der Waals surface area contributed by atoms with E-state index >= 15 is 0 Å². The molecule has 1 saturated heterocycles. The van der Waals surface area contributed by atoms with Gasteiger partial charge in [-0.1, -0.05) is 0 Å². The fourth-order valence-electron chi connectivity index (χ4n) is 2.26. The van der Waals surface area contributed by atoms with Crippen LogP contribution < -0.4 is 0 Å². The van der Waals surface area contributed by atoms with Crippen molar-refractivity contribution in [3.05, 3.63) is 0 Å². The zero-order valence-electron chi connectivity index (χ0n) is 17.8. The lowest BCUT2D eigenvalue weighted by Crippen LogP contribution is -2.42. The summed E-state index contributed by atoms with van der Waals surface area (Å²) in [6, 6.07) is 0. The van der Waals surface area contributed by atoms with E-state index in [-0.39, 0.29) is 5.91 Å². The summed E-state index contributed by atoms with van der Waals surface area (Å²) in [4.78, 5) is 37.7. The highest BCUT2D eigenvalue weighted by atomic mass is 31.2. The highest BCUT2D eigenvalue weighted by Crippen LogP contribution is 2.56. The Hall–Kier alpha value is -1.44. The minimum Gasteiger partial charge on any atom is -0.438 e. The van der Waals surface area contributed by atoms with Gasteiger partial charge in [0.15, 0.2) is 0 Å². The van der Waals surface area contributed by atoms with Crippen molar-refractivity contribution in [3.8, 4) is 0 Å². The van der Waals surface area contributed by atoms with Gasteiger partial charge in [0.2, 0.25) is 19.5 Å². The summed E-state index contributed by atoms with van der Waals surface area (Å²) < 4.78 is 33.8. The van der Waals surface area contributed by atoms with Crippen LogP contribution in [-0.2, 0) is 37.5 Å². The predicted molar refractivity (Wildman–Crippen MR) is 101 cm³/mol. The van der Waals surface area contributed by atoms with Crippen molar-refractivity contribution in [3.63, 3.8) is 0 Å². The van der Waals surface area contributed by atoms with Crippen LogP contribution in [-0.4, -0.2) is 55.6 Å². The number of piperidine rings is 1. The Morgan fingerprint density at radius 1 is 1.00 bits per heavy atom. The van der Waals surface area contributed by atoms with Gasteiger partial charge >= 0.3 is 19.5 Å². The molecule has 10 heteroatoms. The lowest BCUT2D eigenvalue weighted by atomic mass is 9.98. The van der Waals surface area contributed by atoms with E-state index < -0.39 is 49.6 Å². The van der Waals surface area contributed by atoms with Gasteiger partial charge in [0.25, 0.3) is 0 Å². The number of amides is 1. The second-order valence-electron chi connectivity index (χ2n) is 8.82. The summed E-state index contributed by atoms with van der Waals surface area (Å²) in [6.45, 7) is 9.26. The van der Waals surface area contributed by atoms with Gasteiger partial charge in [0, 0.05) is 13.6 Å². The molecule has 0 bridgehead atoms. The highest BCUT2D eigenvalue weighted by molar-refractivity contribution is 7.55. The van der Waals surface area contributed by atoms with Gasteiger partial charge in [0.1, 0.15) is 5.66 Å². The number of hydrogen-bond donors (Lipinski definition) is 0. The van der Waals surface area contributed by atoms with E-state index in [0.717, 1.165) is 0 Å². The number of nitrogens with zero attached hydrogens (tertiary/aromatic N) is 1. The lowest BCUT2D eigenvalue weighted by Gasteiger charge is -2.33. The number of ether oxygens (including phenoxy) is 2. The topological polar surface area (TPSA) is 108 Å². The number of carbonyl (C=O) groups excluding carboxylic acids is 3. The van der Waals surface area contributed by atoms with E-state index in [9.17, 15) is 18.9 Å². The molecule has 162 valence electrons. The first-order valence-corrected chi connectivity index (χ1v) is 10.8. The van der Waals surface area contributed by atoms with Crippen LogP contribution in [0.3, 0.4) is 0 Å². The molecule has 0 aromatic carbocycles. The zero-order chi connectivity index (χ0) is 21.8. The molecule has 9 nitrogen and oxygen atoms in total. The number of rotatable bonds is 7. The van der Waals surface area contributed by atoms with Crippen LogP contribution in [0, 0.1) is 10.8 Å². The maximum atomic E-state index is 13.3. The van der Waals surface area contributed by atoms with Crippen molar-refractivity contribution in [1.82, 2.24) is 4.90 Å². The van der Waals surface area contributed by atoms with Crippen LogP contribution in [0.1, 0.15) is 54.4 Å². The van der Waals surface area contributed by atoms with Crippen LogP contribution >= 0.6 is 7.60 Å². The van der Waals surface area contributed by atoms with E-state index in [0.29, 0.717) is 19.4 Å². The van der Waals surface area contributed by atoms with Crippen LogP contribution in [0.2, 0.25) is 0 Å². The fourth-order valence-corrected chi connectivity index (χ4v) is 4.06. The number of likely N-dealkylation sites (tertiary alicyclic amines) is 1. The van der Waals surface area contributed by atoms with Crippen LogP contribution in [0.15, 0.2) is 0 Å². The molecule has 1 rings (SSSR count). The predicted octanol–water partition coefficient (Wildman–Crippen LogP) is 2.93. The molecule has 1 heterocycles. The van der Waals surface area contributed by atoms with Crippen molar-refractivity contribution >= 4 is 25.4 Å². The Labute approximate surface area is 166 Å². The summed E-state index contributed by atoms with van der Waals surface area (Å²) in [5.74, 6) is -1.49. The van der Waals surface area contributed by atoms with Gasteiger partial charge in [-0.2, -0.15) is 0 Å². The van der Waals surface area contributed by atoms with E-state index in [1.54, 1.807) is 48.6 Å². The number of esters is 2. The molecule has 1 amide bonds. The standard InChI is InChI=1S/C18H32NO8P/c1-17(2,3)15(21)24-11-26-28(23,13-9-8-10-19(7)14(13)20)27-12-25-16(22)18(4,5)6/h13H,8-12H2,1-7H3/t13-/m0/s1. The normalized spacial score (nSPS) is 18.8. The van der Waals surface area contributed by atoms with Gasteiger partial charge < -0.3 is 14.4 Å². The summed E-state index contributed by atoms with van der Waals surface area (Å²) in [5, 5.41) is 0. The molecule has 0 saturated carbocycles. The van der Waals surface area contributed by atoms with Crippen LogP contribution in [0.25, 0.3) is 0 Å². The lowest BCUT2D eigenvalue weighted by molar-refractivity contribution is -0.162. The smallest absolute Gasteiger partial charge is 0.348 e. The largest absolute Gasteiger partial charge is 0.438 e. The summed E-state index contributed by atoms with van der Waals surface area (Å²) in [6.07, 6.45) is 0.911. The summed E-state index contributed by atoms with van der Waals surface area (Å²) in [7, 11) is -2.46. The molecular formula is C18H32NO8P. The maximum absolute atomic E-state index is 13.3. The first-order valence-electron chi connectivity index (χ1n) is 9.17. The van der Waals surface area contributed by atoms with Gasteiger partial charge in [-0.3, -0.25) is 28.0 Å². The summed E-state index contributed by atoms with van der Waals surface area (Å²) >= 11 is 0. The quantitative estimate of drug-likeness (QED) is 0.351. The van der Waals surface area contributed by atoms with E-state index in [1.165, 1.54) is 4.90 Å². The molecule has 1 atom stereocenters. The number of carbonyl (C=O) groups is 3. The van der Waals surface area contributed by atoms with E-state index in [4.69, 9.17) is 18.5 Å². The van der Waals surface area contributed by atoms with Crippen molar-refractivity contribution in [1.29, 1.82) is 0 Å². The molecule has 1 aliphatic heterocycles. The van der Waals surface area contributed by atoms with Crippen molar-refractivity contribution in [2.24, 2.45) is 10.8 Å². The Morgan fingerprint density at radius 2 is 1.43 bits per heavy atom. The van der Waals surface area contributed by atoms with Crippen molar-refractivity contribution in [2.75, 3.05) is 27.2 Å². The first kappa shape index (κ1) is 24.6. The maximum Gasteiger partial charge on any atom is 0.348 e. The molecule has 0 unspecified atom stereocenters. The Morgan fingerprint density at radius 3 is 1.82 bits per heavy atom. The fraction of sp³-hybridized carbons (Fsp3) is 0.833. The number of hydrogen-bond acceptors (Lipinski definition) is 8. The van der Waals surface area contributed by atoms with Crippen molar-refractivity contribution < 1.29 is 37.5 Å². The molecule has 0 aliphatic carbocycles. The summed E-state index contributed by atoms with van der Waals surface area (Å²) in [5.41, 5.74) is -2.58. The first-order chi connectivity index (χ1) is 12.7. The Bertz CT molecular complexity index is 598. The van der Waals surface area contributed by atoms with E-state index in [2.05, 4.69) is 0 Å². The minimum absolute atomic E-state index is 0.293. The average Bonchev–Trinajstić information content (AvgIpc) is 2.55. The monoisotopic (exact) mass is 421 g/mol. The van der Waals surface area contributed by atoms with Crippen LogP contribution in [0.4, 0.5) is 0 Å². The second kappa shape index (κ2) is 9.37. The van der Waals surface area contributed by atoms with Crippen LogP contribution in [0.5, 0.6) is 0 Å². The van der Waals surface area contributed by atoms with Gasteiger partial charge in [-0.15, -0.1) is 0 Å². The molecule has 0 spiro atoms.